The average molecular weight is 380 g/mol. The number of aromatic nitrogens is 2. The Labute approximate surface area is 157 Å². The number of hydrogen-bond acceptors (Lipinski definition) is 7. The van der Waals surface area contributed by atoms with Gasteiger partial charge in [0.2, 0.25) is 5.13 Å². The molecule has 1 amide bonds. The molecule has 0 radical (unpaired) electrons. The summed E-state index contributed by atoms with van der Waals surface area (Å²) < 4.78 is 0.766. The standard InChI is InChI=1S/C17H25N5OS2/c1-5-8-18-14-21-22-15(25-14)24-10-13(23)20-19-12-9-11-6-7-17(12,4)16(11,2)3/h5,11H,1,6-10H2,2-4H3,(H,18,21)(H,20,23)/b19-12+. The first-order valence-corrected chi connectivity index (χ1v) is 10.3. The molecule has 1 aromatic rings. The van der Waals surface area contributed by atoms with Crippen LogP contribution < -0.4 is 10.7 Å². The van der Waals surface area contributed by atoms with Gasteiger partial charge in [-0.2, -0.15) is 5.10 Å². The molecular weight excluding hydrogens is 354 g/mol. The van der Waals surface area contributed by atoms with Gasteiger partial charge in [0.25, 0.3) is 5.91 Å². The molecule has 2 unspecified atom stereocenters. The summed E-state index contributed by atoms with van der Waals surface area (Å²) in [5, 5.41) is 16.4. The van der Waals surface area contributed by atoms with E-state index in [9.17, 15) is 4.79 Å². The van der Waals surface area contributed by atoms with Crippen molar-refractivity contribution in [2.24, 2.45) is 21.8 Å². The van der Waals surface area contributed by atoms with Crippen LogP contribution in [0, 0.1) is 16.7 Å². The molecule has 0 saturated heterocycles. The molecule has 3 rings (SSSR count). The first kappa shape index (κ1) is 18.4. The number of rotatable bonds is 7. The van der Waals surface area contributed by atoms with Gasteiger partial charge in [-0.3, -0.25) is 4.79 Å². The Morgan fingerprint density at radius 1 is 1.48 bits per heavy atom. The second-order valence-corrected chi connectivity index (χ2v) is 9.62. The number of nitrogens with one attached hydrogen (secondary N) is 2. The molecule has 0 aliphatic heterocycles. The highest BCUT2D eigenvalue weighted by molar-refractivity contribution is 8.01. The van der Waals surface area contributed by atoms with Crippen molar-refractivity contribution in [2.45, 2.75) is 44.4 Å². The first-order valence-electron chi connectivity index (χ1n) is 8.54. The summed E-state index contributed by atoms with van der Waals surface area (Å²) in [6.45, 7) is 11.2. The van der Waals surface area contributed by atoms with E-state index >= 15 is 0 Å². The molecule has 2 fully saturated rings. The number of carbonyl (C=O) groups is 1. The van der Waals surface area contributed by atoms with E-state index in [1.54, 1.807) is 6.08 Å². The third-order valence-electron chi connectivity index (χ3n) is 5.96. The number of hydrazone groups is 1. The van der Waals surface area contributed by atoms with Gasteiger partial charge in [-0.15, -0.1) is 16.8 Å². The highest BCUT2D eigenvalue weighted by atomic mass is 32.2. The number of carbonyl (C=O) groups excluding carboxylic acids is 1. The van der Waals surface area contributed by atoms with E-state index in [0.717, 1.165) is 21.6 Å². The molecule has 8 heteroatoms. The van der Waals surface area contributed by atoms with Gasteiger partial charge in [0, 0.05) is 17.7 Å². The Kier molecular flexibility index (Phi) is 5.20. The van der Waals surface area contributed by atoms with Gasteiger partial charge in [0.1, 0.15) is 0 Å². The minimum Gasteiger partial charge on any atom is -0.357 e. The third kappa shape index (κ3) is 3.46. The lowest BCUT2D eigenvalue weighted by Gasteiger charge is -2.34. The second-order valence-electron chi connectivity index (χ2n) is 7.42. The molecule has 6 nitrogen and oxygen atoms in total. The lowest BCUT2D eigenvalue weighted by molar-refractivity contribution is -0.118. The number of thioether (sulfide) groups is 1. The van der Waals surface area contributed by atoms with Crippen molar-refractivity contribution in [3.05, 3.63) is 12.7 Å². The van der Waals surface area contributed by atoms with Crippen LogP contribution in [0.4, 0.5) is 5.13 Å². The molecule has 2 aliphatic rings. The summed E-state index contributed by atoms with van der Waals surface area (Å²) in [4.78, 5) is 12.1. The number of nitrogens with zero attached hydrogens (tertiary/aromatic N) is 3. The fraction of sp³-hybridized carbons (Fsp3) is 0.647. The molecule has 25 heavy (non-hydrogen) atoms. The van der Waals surface area contributed by atoms with Crippen LogP contribution in [-0.2, 0) is 4.79 Å². The summed E-state index contributed by atoms with van der Waals surface area (Å²) in [5.74, 6) is 0.874. The number of hydrogen-bond donors (Lipinski definition) is 2. The smallest absolute Gasteiger partial charge is 0.250 e. The van der Waals surface area contributed by atoms with Gasteiger partial charge >= 0.3 is 0 Å². The molecule has 2 bridgehead atoms. The van der Waals surface area contributed by atoms with E-state index in [4.69, 9.17) is 0 Å². The molecule has 2 aliphatic carbocycles. The van der Waals surface area contributed by atoms with Crippen molar-refractivity contribution in [1.82, 2.24) is 15.6 Å². The van der Waals surface area contributed by atoms with Crippen molar-refractivity contribution in [2.75, 3.05) is 17.6 Å². The van der Waals surface area contributed by atoms with Crippen LogP contribution in [0.5, 0.6) is 0 Å². The normalized spacial score (nSPS) is 28.3. The summed E-state index contributed by atoms with van der Waals surface area (Å²) in [6, 6.07) is 0. The Balaban J connectivity index is 1.50. The zero-order valence-corrected chi connectivity index (χ0v) is 16.6. The molecule has 2 saturated carbocycles. The van der Waals surface area contributed by atoms with E-state index in [2.05, 4.69) is 53.4 Å². The maximum atomic E-state index is 12.1. The van der Waals surface area contributed by atoms with Crippen LogP contribution in [0.1, 0.15) is 40.0 Å². The fourth-order valence-corrected chi connectivity index (χ4v) is 5.44. The van der Waals surface area contributed by atoms with Crippen molar-refractivity contribution in [3.63, 3.8) is 0 Å². The van der Waals surface area contributed by atoms with Crippen molar-refractivity contribution >= 4 is 39.8 Å². The predicted molar refractivity (Wildman–Crippen MR) is 104 cm³/mol. The second kappa shape index (κ2) is 7.07. The van der Waals surface area contributed by atoms with E-state index in [1.807, 2.05) is 0 Å². The van der Waals surface area contributed by atoms with E-state index in [1.165, 1.54) is 35.9 Å². The summed E-state index contributed by atoms with van der Waals surface area (Å²) in [7, 11) is 0. The molecular formula is C17H25N5OS2. The molecule has 0 aromatic carbocycles. The van der Waals surface area contributed by atoms with Crippen molar-refractivity contribution in [3.8, 4) is 0 Å². The maximum absolute atomic E-state index is 12.1. The monoisotopic (exact) mass is 379 g/mol. The lowest BCUT2D eigenvalue weighted by Crippen LogP contribution is -2.34. The van der Waals surface area contributed by atoms with Gasteiger partial charge in [-0.25, -0.2) is 5.43 Å². The first-order chi connectivity index (χ1) is 11.9. The Hall–Kier alpha value is -1.41. The van der Waals surface area contributed by atoms with Crippen LogP contribution in [0.25, 0.3) is 0 Å². The van der Waals surface area contributed by atoms with Gasteiger partial charge in [-0.05, 0) is 30.6 Å². The van der Waals surface area contributed by atoms with Crippen molar-refractivity contribution < 1.29 is 4.79 Å². The average Bonchev–Trinajstić information content (AvgIpc) is 3.18. The summed E-state index contributed by atoms with van der Waals surface area (Å²) in [6.07, 6.45) is 5.20. The van der Waals surface area contributed by atoms with E-state index < -0.39 is 0 Å². The Bertz CT molecular complexity index is 699. The number of fused-ring (bicyclic) bond motifs is 2. The van der Waals surface area contributed by atoms with Crippen LogP contribution in [0.2, 0.25) is 0 Å². The SMILES string of the molecule is C=CCNc1nnc(SCC(=O)N/N=C2\CC3CCC2(C)C3(C)C)s1. The third-order valence-corrected chi connectivity index (χ3v) is 7.97. The fourth-order valence-electron chi connectivity index (χ4n) is 3.89. The van der Waals surface area contributed by atoms with Crippen LogP contribution >= 0.6 is 23.1 Å². The summed E-state index contributed by atoms with van der Waals surface area (Å²) in [5.41, 5.74) is 4.28. The van der Waals surface area contributed by atoms with Crippen LogP contribution in [0.3, 0.4) is 0 Å². The Morgan fingerprint density at radius 3 is 2.92 bits per heavy atom. The lowest BCUT2D eigenvalue weighted by atomic mass is 9.70. The highest BCUT2D eigenvalue weighted by Crippen LogP contribution is 2.63. The zero-order chi connectivity index (χ0) is 18.1. The number of amides is 1. The minimum absolute atomic E-state index is 0.0996. The largest absolute Gasteiger partial charge is 0.357 e. The van der Waals surface area contributed by atoms with E-state index in [0.29, 0.717) is 12.5 Å². The van der Waals surface area contributed by atoms with Gasteiger partial charge in [0.15, 0.2) is 4.34 Å². The predicted octanol–water partition coefficient (Wildman–Crippen LogP) is 3.55. The van der Waals surface area contributed by atoms with E-state index in [-0.39, 0.29) is 22.5 Å². The molecule has 1 heterocycles. The highest BCUT2D eigenvalue weighted by Gasteiger charge is 2.59. The minimum atomic E-state index is -0.0996. The van der Waals surface area contributed by atoms with Crippen LogP contribution in [0.15, 0.2) is 22.1 Å². The van der Waals surface area contributed by atoms with Crippen molar-refractivity contribution in [1.29, 1.82) is 0 Å². The molecule has 2 atom stereocenters. The molecule has 0 spiro atoms. The zero-order valence-electron chi connectivity index (χ0n) is 15.0. The quantitative estimate of drug-likeness (QED) is 0.430. The summed E-state index contributed by atoms with van der Waals surface area (Å²) >= 11 is 2.81. The molecule has 1 aromatic heterocycles. The van der Waals surface area contributed by atoms with Crippen LogP contribution in [-0.4, -0.2) is 34.1 Å². The number of anilines is 1. The maximum Gasteiger partial charge on any atom is 0.250 e. The van der Waals surface area contributed by atoms with Gasteiger partial charge in [0.05, 0.1) is 5.75 Å². The molecule has 136 valence electrons. The van der Waals surface area contributed by atoms with Gasteiger partial charge in [-0.1, -0.05) is 49.9 Å². The van der Waals surface area contributed by atoms with Gasteiger partial charge < -0.3 is 5.32 Å². The molecule has 2 N–H and O–H groups in total. The topological polar surface area (TPSA) is 79.3 Å². The Morgan fingerprint density at radius 2 is 2.28 bits per heavy atom.